The van der Waals surface area contributed by atoms with Crippen molar-refractivity contribution in [3.8, 4) is 11.1 Å². The number of benzene rings is 1. The van der Waals surface area contributed by atoms with Gasteiger partial charge in [0, 0.05) is 49.2 Å². The summed E-state index contributed by atoms with van der Waals surface area (Å²) in [6, 6.07) is 4.47. The van der Waals surface area contributed by atoms with Crippen molar-refractivity contribution in [1.82, 2.24) is 30.0 Å². The van der Waals surface area contributed by atoms with E-state index in [1.165, 1.54) is 16.5 Å². The van der Waals surface area contributed by atoms with Crippen LogP contribution >= 0.6 is 23.2 Å². The monoisotopic (exact) mass is 546 g/mol. The molecule has 0 bridgehead atoms. The first-order chi connectivity index (χ1) is 17.5. The van der Waals surface area contributed by atoms with Gasteiger partial charge in [-0.05, 0) is 31.0 Å². The van der Waals surface area contributed by atoms with Crippen LogP contribution in [0.5, 0.6) is 0 Å². The summed E-state index contributed by atoms with van der Waals surface area (Å²) in [7, 11) is 0. The van der Waals surface area contributed by atoms with E-state index < -0.39 is 28.4 Å². The average Bonchev–Trinajstić information content (AvgIpc) is 3.15. The Morgan fingerprint density at radius 2 is 1.89 bits per heavy atom. The van der Waals surface area contributed by atoms with Gasteiger partial charge in [-0.3, -0.25) is 19.1 Å². The summed E-state index contributed by atoms with van der Waals surface area (Å²) < 4.78 is 14.9. The second-order valence-electron chi connectivity index (χ2n) is 9.62. The molecule has 3 heterocycles. The first kappa shape index (κ1) is 25.5. The number of aryl methyl sites for hydroxylation is 1. The zero-order valence-electron chi connectivity index (χ0n) is 20.2. The summed E-state index contributed by atoms with van der Waals surface area (Å²) in [4.78, 5) is 48.0. The second-order valence-corrected chi connectivity index (χ2v) is 11.2. The predicted molar refractivity (Wildman–Crippen MR) is 136 cm³/mol. The third-order valence-electron chi connectivity index (χ3n) is 6.83. The van der Waals surface area contributed by atoms with E-state index in [1.54, 1.807) is 25.4 Å². The Balaban J connectivity index is 1.37. The molecule has 1 N–H and O–H groups in total. The summed E-state index contributed by atoms with van der Waals surface area (Å²) in [5, 5.41) is 7.70. The number of amides is 2. The number of alkyl halides is 3. The fourth-order valence-electron chi connectivity index (χ4n) is 4.64. The fourth-order valence-corrected chi connectivity index (χ4v) is 5.17. The molecule has 3 aromatic rings. The summed E-state index contributed by atoms with van der Waals surface area (Å²) in [6.07, 6.45) is 2.55. The summed E-state index contributed by atoms with van der Waals surface area (Å²) in [5.74, 6) is -0.590. The Morgan fingerprint density at radius 3 is 2.54 bits per heavy atom. The lowest BCUT2D eigenvalue weighted by Crippen LogP contribution is -2.47. The van der Waals surface area contributed by atoms with E-state index in [0.717, 1.165) is 11.1 Å². The third kappa shape index (κ3) is 5.17. The zero-order chi connectivity index (χ0) is 26.5. The number of rotatable bonds is 7. The molecule has 12 heteroatoms. The number of halogens is 3. The number of nitrogens with zero attached hydrogens (tertiary/aromatic N) is 5. The van der Waals surface area contributed by atoms with Crippen molar-refractivity contribution in [3.05, 3.63) is 42.1 Å². The van der Waals surface area contributed by atoms with Crippen LogP contribution in [-0.4, -0.2) is 71.9 Å². The van der Waals surface area contributed by atoms with E-state index in [0.29, 0.717) is 23.1 Å². The Hall–Kier alpha value is -3.11. The van der Waals surface area contributed by atoms with Gasteiger partial charge in [0.15, 0.2) is 5.78 Å². The van der Waals surface area contributed by atoms with Gasteiger partial charge in [-0.1, -0.05) is 6.07 Å². The van der Waals surface area contributed by atoms with Gasteiger partial charge in [0.2, 0.25) is 11.8 Å². The Labute approximate surface area is 222 Å². The third-order valence-corrected chi connectivity index (χ3v) is 7.76. The molecule has 2 amide bonds. The van der Waals surface area contributed by atoms with Crippen molar-refractivity contribution in [3.63, 3.8) is 0 Å². The van der Waals surface area contributed by atoms with Crippen LogP contribution in [0.25, 0.3) is 22.0 Å². The smallest absolute Gasteiger partial charge is 0.245 e. The molecule has 1 aliphatic heterocycles. The Kier molecular flexibility index (Phi) is 6.66. The molecular weight excluding hydrogens is 522 g/mol. The number of carbonyl (C=O) groups is 3. The average molecular weight is 547 g/mol. The number of carbonyl (C=O) groups excluding carboxylic acids is 3. The van der Waals surface area contributed by atoms with Gasteiger partial charge >= 0.3 is 0 Å². The molecule has 5 rings (SSSR count). The first-order valence-electron chi connectivity index (χ1n) is 11.9. The summed E-state index contributed by atoms with van der Waals surface area (Å²) >= 11 is 12.0. The first-order valence-corrected chi connectivity index (χ1v) is 12.7. The SMILES string of the molecule is CC(=O)c1nn(CC(=O)N2C[C@H](F)C[C@H]2C(=O)NC[C@@H]2CC2(Cl)Cl)c2ccc(-c3cnc(C)nc3)cc12. The van der Waals surface area contributed by atoms with Gasteiger partial charge in [-0.15, -0.1) is 23.2 Å². The molecule has 1 saturated heterocycles. The van der Waals surface area contributed by atoms with Crippen LogP contribution in [0.2, 0.25) is 0 Å². The van der Waals surface area contributed by atoms with Crippen molar-refractivity contribution < 1.29 is 18.8 Å². The van der Waals surface area contributed by atoms with Gasteiger partial charge < -0.3 is 10.2 Å². The van der Waals surface area contributed by atoms with Gasteiger partial charge in [0.05, 0.1) is 12.1 Å². The number of likely N-dealkylation sites (tertiary alicyclic amines) is 1. The maximum Gasteiger partial charge on any atom is 0.245 e. The molecule has 1 aliphatic carbocycles. The minimum Gasteiger partial charge on any atom is -0.354 e. The molecule has 3 atom stereocenters. The highest BCUT2D eigenvalue weighted by Gasteiger charge is 2.51. The number of ketones is 1. The normalized spacial score (nSPS) is 22.3. The topological polar surface area (TPSA) is 110 Å². The van der Waals surface area contributed by atoms with Crippen LogP contribution in [0.15, 0.2) is 30.6 Å². The quantitative estimate of drug-likeness (QED) is 0.359. The van der Waals surface area contributed by atoms with E-state index in [9.17, 15) is 18.8 Å². The zero-order valence-corrected chi connectivity index (χ0v) is 21.8. The molecule has 2 fully saturated rings. The molecule has 37 heavy (non-hydrogen) atoms. The largest absolute Gasteiger partial charge is 0.354 e. The maximum absolute atomic E-state index is 14.3. The van der Waals surface area contributed by atoms with Crippen molar-refractivity contribution >= 4 is 51.7 Å². The highest BCUT2D eigenvalue weighted by Crippen LogP contribution is 2.52. The van der Waals surface area contributed by atoms with Crippen LogP contribution in [-0.2, 0) is 16.1 Å². The molecule has 0 unspecified atom stereocenters. The van der Waals surface area contributed by atoms with E-state index in [4.69, 9.17) is 23.2 Å². The van der Waals surface area contributed by atoms with Crippen molar-refractivity contribution in [2.75, 3.05) is 13.1 Å². The fraction of sp³-hybridized carbons (Fsp3) is 0.440. The van der Waals surface area contributed by atoms with Gasteiger partial charge in [-0.25, -0.2) is 14.4 Å². The molecule has 9 nitrogen and oxygen atoms in total. The van der Waals surface area contributed by atoms with Crippen molar-refractivity contribution in [2.45, 2.75) is 49.8 Å². The number of aromatic nitrogens is 4. The maximum atomic E-state index is 14.3. The molecule has 194 valence electrons. The molecule has 1 saturated carbocycles. The molecule has 0 radical (unpaired) electrons. The van der Waals surface area contributed by atoms with E-state index in [-0.39, 0.29) is 43.5 Å². The van der Waals surface area contributed by atoms with Crippen LogP contribution in [0.4, 0.5) is 4.39 Å². The number of fused-ring (bicyclic) bond motifs is 1. The lowest BCUT2D eigenvalue weighted by Gasteiger charge is -2.23. The molecule has 1 aromatic carbocycles. The van der Waals surface area contributed by atoms with Crippen LogP contribution < -0.4 is 5.32 Å². The number of Topliss-reactive ketones (excluding diaryl/α,β-unsaturated/α-hetero) is 1. The second kappa shape index (κ2) is 9.64. The molecular formula is C25H25Cl2FN6O3. The Bertz CT molecular complexity index is 1390. The predicted octanol–water partition coefficient (Wildman–Crippen LogP) is 3.25. The number of nitrogens with one attached hydrogen (secondary N) is 1. The molecule has 2 aliphatic rings. The summed E-state index contributed by atoms with van der Waals surface area (Å²) in [5.41, 5.74) is 2.36. The van der Waals surface area contributed by atoms with Crippen molar-refractivity contribution in [2.24, 2.45) is 5.92 Å². The molecule has 2 aromatic heterocycles. The number of hydrogen-bond donors (Lipinski definition) is 1. The van der Waals surface area contributed by atoms with Gasteiger partial charge in [-0.2, -0.15) is 5.10 Å². The van der Waals surface area contributed by atoms with Gasteiger partial charge in [0.25, 0.3) is 0 Å². The minimum absolute atomic E-state index is 0.0664. The van der Waals surface area contributed by atoms with Crippen LogP contribution in [0.3, 0.4) is 0 Å². The van der Waals surface area contributed by atoms with Crippen LogP contribution in [0, 0.1) is 12.8 Å². The minimum atomic E-state index is -1.32. The molecule has 0 spiro atoms. The van der Waals surface area contributed by atoms with E-state index >= 15 is 0 Å². The lowest BCUT2D eigenvalue weighted by atomic mass is 10.0. The summed E-state index contributed by atoms with van der Waals surface area (Å²) in [6.45, 7) is 3.02. The highest BCUT2D eigenvalue weighted by atomic mass is 35.5. The lowest BCUT2D eigenvalue weighted by molar-refractivity contribution is -0.139. The van der Waals surface area contributed by atoms with Gasteiger partial charge in [0.1, 0.15) is 34.6 Å². The highest BCUT2D eigenvalue weighted by molar-refractivity contribution is 6.50. The van der Waals surface area contributed by atoms with Crippen LogP contribution in [0.1, 0.15) is 36.1 Å². The van der Waals surface area contributed by atoms with Crippen molar-refractivity contribution in [1.29, 1.82) is 0 Å². The van der Waals surface area contributed by atoms with E-state index in [2.05, 4.69) is 20.4 Å². The Morgan fingerprint density at radius 1 is 1.19 bits per heavy atom. The standard InChI is InChI=1S/C25H25Cl2FN6O3/c1-13(35)23-19-5-15(16-8-29-14(2)30-9-16)3-4-20(19)34(32-23)12-22(36)33-11-18(28)6-21(33)24(37)31-10-17-7-25(17,26)27/h3-5,8-9,17-18,21H,6-7,10-12H2,1-2H3,(H,31,37)/t17-,18+,21-/m0/s1. The number of hydrogen-bond acceptors (Lipinski definition) is 6. The van der Waals surface area contributed by atoms with E-state index in [1.807, 2.05) is 12.1 Å².